The molecule has 3 nitrogen and oxygen atoms in total. The summed E-state index contributed by atoms with van der Waals surface area (Å²) in [5.74, 6) is -0.212. The number of carbonyl (C=O) groups excluding carboxylic acids is 1. The van der Waals surface area contributed by atoms with Crippen molar-refractivity contribution in [1.29, 1.82) is 0 Å². The zero-order valence-electron chi connectivity index (χ0n) is 13.9. The second kappa shape index (κ2) is 7.64. The molecular formula is C20H17ClN2OS. The Kier molecular flexibility index (Phi) is 5.31. The summed E-state index contributed by atoms with van der Waals surface area (Å²) in [5, 5.41) is 6.01. The molecule has 0 atom stereocenters. The number of hydrogen-bond donors (Lipinski definition) is 1. The van der Waals surface area contributed by atoms with Gasteiger partial charge in [-0.3, -0.25) is 10.1 Å². The molecule has 1 aromatic heterocycles. The van der Waals surface area contributed by atoms with Gasteiger partial charge < -0.3 is 0 Å². The number of nitrogens with zero attached hydrogens (tertiary/aromatic N) is 1. The summed E-state index contributed by atoms with van der Waals surface area (Å²) in [6.45, 7) is 4.13. The number of thiazole rings is 1. The molecule has 5 heteroatoms. The predicted octanol–water partition coefficient (Wildman–Crippen LogP) is 5.73. The number of aromatic nitrogens is 1. The van der Waals surface area contributed by atoms with Crippen molar-refractivity contribution >= 4 is 40.1 Å². The monoisotopic (exact) mass is 368 g/mol. The molecule has 0 aliphatic heterocycles. The lowest BCUT2D eigenvalue weighted by Crippen LogP contribution is -2.07. The molecule has 0 aliphatic carbocycles. The minimum atomic E-state index is -0.212. The normalized spacial score (nSPS) is 11.0. The number of aryl methyl sites for hydroxylation is 2. The second-order valence-corrected chi connectivity index (χ2v) is 7.02. The van der Waals surface area contributed by atoms with Gasteiger partial charge in [0.1, 0.15) is 0 Å². The van der Waals surface area contributed by atoms with Crippen LogP contribution in [-0.2, 0) is 4.79 Å². The molecule has 25 heavy (non-hydrogen) atoms. The summed E-state index contributed by atoms with van der Waals surface area (Å²) < 4.78 is 0. The van der Waals surface area contributed by atoms with Crippen molar-refractivity contribution in [2.24, 2.45) is 0 Å². The first-order chi connectivity index (χ1) is 12.0. The maximum atomic E-state index is 12.1. The molecule has 0 saturated heterocycles. The third kappa shape index (κ3) is 4.56. The van der Waals surface area contributed by atoms with E-state index in [0.29, 0.717) is 10.2 Å². The third-order valence-electron chi connectivity index (χ3n) is 3.69. The van der Waals surface area contributed by atoms with Crippen molar-refractivity contribution in [3.8, 4) is 11.3 Å². The second-order valence-electron chi connectivity index (χ2n) is 5.73. The minimum absolute atomic E-state index is 0.212. The summed E-state index contributed by atoms with van der Waals surface area (Å²) in [7, 11) is 0. The maximum absolute atomic E-state index is 12.1. The fraction of sp³-hybridized carbons (Fsp3) is 0.100. The van der Waals surface area contributed by atoms with E-state index in [1.807, 2.05) is 17.5 Å². The van der Waals surface area contributed by atoms with Gasteiger partial charge in [-0.05, 0) is 43.2 Å². The number of hydrogen-bond acceptors (Lipinski definition) is 3. The number of benzene rings is 2. The number of anilines is 1. The van der Waals surface area contributed by atoms with Crippen LogP contribution in [0.2, 0.25) is 5.02 Å². The first-order valence-electron chi connectivity index (χ1n) is 7.79. The Morgan fingerprint density at radius 3 is 2.64 bits per heavy atom. The Bertz CT molecular complexity index is 929. The number of halogens is 1. The minimum Gasteiger partial charge on any atom is -0.298 e. The summed E-state index contributed by atoms with van der Waals surface area (Å²) >= 11 is 7.26. The molecule has 0 spiro atoms. The molecule has 2 aromatic carbocycles. The maximum Gasteiger partial charge on any atom is 0.250 e. The fourth-order valence-corrected chi connectivity index (χ4v) is 3.29. The van der Waals surface area contributed by atoms with Gasteiger partial charge in [0.05, 0.1) is 5.69 Å². The van der Waals surface area contributed by atoms with Gasteiger partial charge in [-0.15, -0.1) is 11.3 Å². The fourth-order valence-electron chi connectivity index (χ4n) is 2.45. The highest BCUT2D eigenvalue weighted by molar-refractivity contribution is 7.14. The Hall–Kier alpha value is -2.43. The number of amides is 1. The number of rotatable bonds is 4. The van der Waals surface area contributed by atoms with Gasteiger partial charge in [-0.25, -0.2) is 4.98 Å². The zero-order chi connectivity index (χ0) is 17.8. The van der Waals surface area contributed by atoms with E-state index in [9.17, 15) is 4.79 Å². The molecule has 1 amide bonds. The van der Waals surface area contributed by atoms with E-state index in [1.54, 1.807) is 18.2 Å². The molecule has 0 radical (unpaired) electrons. The van der Waals surface area contributed by atoms with Crippen molar-refractivity contribution in [1.82, 2.24) is 4.98 Å². The van der Waals surface area contributed by atoms with Gasteiger partial charge in [0.25, 0.3) is 0 Å². The molecule has 0 fully saturated rings. The van der Waals surface area contributed by atoms with Crippen LogP contribution in [0.5, 0.6) is 0 Å². The Labute approximate surface area is 156 Å². The highest BCUT2D eigenvalue weighted by atomic mass is 35.5. The van der Waals surface area contributed by atoms with Crippen molar-refractivity contribution in [3.05, 3.63) is 75.6 Å². The van der Waals surface area contributed by atoms with Crippen molar-refractivity contribution in [3.63, 3.8) is 0 Å². The van der Waals surface area contributed by atoms with Crippen molar-refractivity contribution in [2.45, 2.75) is 13.8 Å². The lowest BCUT2D eigenvalue weighted by molar-refractivity contribution is -0.111. The SMILES string of the molecule is Cc1ccc(-c2csc(NC(=O)C=Cc3ccc(Cl)cc3)n2)c(C)c1. The number of nitrogens with one attached hydrogen (secondary N) is 1. The van der Waals surface area contributed by atoms with Crippen LogP contribution in [0.25, 0.3) is 17.3 Å². The van der Waals surface area contributed by atoms with Gasteiger partial charge in [-0.1, -0.05) is 47.5 Å². The average Bonchev–Trinajstić information content (AvgIpc) is 3.02. The van der Waals surface area contributed by atoms with Crippen LogP contribution in [0, 0.1) is 13.8 Å². The first kappa shape index (κ1) is 17.4. The zero-order valence-corrected chi connectivity index (χ0v) is 15.5. The van der Waals surface area contributed by atoms with E-state index in [2.05, 4.69) is 42.3 Å². The van der Waals surface area contributed by atoms with Crippen LogP contribution in [0.15, 0.2) is 53.9 Å². The smallest absolute Gasteiger partial charge is 0.250 e. The summed E-state index contributed by atoms with van der Waals surface area (Å²) in [4.78, 5) is 16.6. The van der Waals surface area contributed by atoms with Crippen LogP contribution >= 0.6 is 22.9 Å². The molecule has 3 rings (SSSR count). The molecule has 0 bridgehead atoms. The quantitative estimate of drug-likeness (QED) is 0.597. The molecule has 0 saturated carbocycles. The van der Waals surface area contributed by atoms with Gasteiger partial charge in [0.2, 0.25) is 5.91 Å². The Morgan fingerprint density at radius 2 is 1.92 bits per heavy atom. The first-order valence-corrected chi connectivity index (χ1v) is 9.05. The summed E-state index contributed by atoms with van der Waals surface area (Å²) in [5.41, 5.74) is 5.26. The topological polar surface area (TPSA) is 42.0 Å². The molecule has 1 N–H and O–H groups in total. The lowest BCUT2D eigenvalue weighted by atomic mass is 10.0. The Morgan fingerprint density at radius 1 is 1.16 bits per heavy atom. The molecule has 1 heterocycles. The third-order valence-corrected chi connectivity index (χ3v) is 4.70. The molecule has 0 aliphatic rings. The van der Waals surface area contributed by atoms with Gasteiger partial charge in [0, 0.05) is 22.0 Å². The number of carbonyl (C=O) groups is 1. The van der Waals surface area contributed by atoms with Crippen LogP contribution < -0.4 is 5.32 Å². The standard InChI is InChI=1S/C20H17ClN2OS/c1-13-3-9-17(14(2)11-13)18-12-25-20(22-18)23-19(24)10-6-15-4-7-16(21)8-5-15/h3-12H,1-2H3,(H,22,23,24). The highest BCUT2D eigenvalue weighted by Gasteiger charge is 2.08. The van der Waals surface area contributed by atoms with E-state index in [4.69, 9.17) is 11.6 Å². The van der Waals surface area contributed by atoms with Crippen LogP contribution in [-0.4, -0.2) is 10.9 Å². The van der Waals surface area contributed by atoms with Crippen molar-refractivity contribution in [2.75, 3.05) is 5.32 Å². The van der Waals surface area contributed by atoms with Crippen LogP contribution in [0.4, 0.5) is 5.13 Å². The predicted molar refractivity (Wildman–Crippen MR) is 106 cm³/mol. The summed E-state index contributed by atoms with van der Waals surface area (Å²) in [6.07, 6.45) is 3.23. The van der Waals surface area contributed by atoms with Crippen molar-refractivity contribution < 1.29 is 4.79 Å². The van der Waals surface area contributed by atoms with Gasteiger partial charge in [-0.2, -0.15) is 0 Å². The molecule has 3 aromatic rings. The Balaban J connectivity index is 1.68. The van der Waals surface area contributed by atoms with Crippen LogP contribution in [0.3, 0.4) is 0 Å². The van der Waals surface area contributed by atoms with E-state index >= 15 is 0 Å². The van der Waals surface area contributed by atoms with E-state index < -0.39 is 0 Å². The largest absolute Gasteiger partial charge is 0.298 e. The van der Waals surface area contributed by atoms with Gasteiger partial charge >= 0.3 is 0 Å². The van der Waals surface area contributed by atoms with E-state index in [0.717, 1.165) is 16.8 Å². The van der Waals surface area contributed by atoms with Crippen LogP contribution in [0.1, 0.15) is 16.7 Å². The molecule has 0 unspecified atom stereocenters. The molecule has 126 valence electrons. The molecular weight excluding hydrogens is 352 g/mol. The van der Waals surface area contributed by atoms with Gasteiger partial charge in [0.15, 0.2) is 5.13 Å². The van der Waals surface area contributed by atoms with E-state index in [-0.39, 0.29) is 5.91 Å². The lowest BCUT2D eigenvalue weighted by Gasteiger charge is -2.03. The van der Waals surface area contributed by atoms with E-state index in [1.165, 1.54) is 28.5 Å². The highest BCUT2D eigenvalue weighted by Crippen LogP contribution is 2.28. The summed E-state index contributed by atoms with van der Waals surface area (Å²) in [6, 6.07) is 13.5. The average molecular weight is 369 g/mol.